The minimum atomic E-state index is -4.14. The number of pyridine rings is 1. The van der Waals surface area contributed by atoms with Crippen molar-refractivity contribution in [1.29, 1.82) is 0 Å². The van der Waals surface area contributed by atoms with E-state index in [0.717, 1.165) is 6.54 Å². The fourth-order valence-electron chi connectivity index (χ4n) is 1.53. The van der Waals surface area contributed by atoms with Gasteiger partial charge in [-0.05, 0) is 26.1 Å². The molecule has 0 saturated carbocycles. The van der Waals surface area contributed by atoms with Crippen molar-refractivity contribution < 1.29 is 13.2 Å². The number of alkyl halides is 3. The minimum absolute atomic E-state index is 0.0764. The molecule has 0 aromatic carbocycles. The zero-order chi connectivity index (χ0) is 14.5. The van der Waals surface area contributed by atoms with Gasteiger partial charge in [0, 0.05) is 19.6 Å². The molecule has 1 rings (SSSR count). The Labute approximate surface area is 115 Å². The Morgan fingerprint density at radius 3 is 2.63 bits per heavy atom. The summed E-state index contributed by atoms with van der Waals surface area (Å²) in [5.74, 6) is 0.672. The number of halogens is 4. The Morgan fingerprint density at radius 1 is 1.37 bits per heavy atom. The lowest BCUT2D eigenvalue weighted by molar-refractivity contribution is -0.137. The number of aromatic nitrogens is 1. The van der Waals surface area contributed by atoms with Gasteiger partial charge in [-0.3, -0.25) is 0 Å². The molecular weight excluding hydrogens is 279 g/mol. The molecule has 0 fully saturated rings. The van der Waals surface area contributed by atoms with E-state index in [4.69, 9.17) is 11.6 Å². The van der Waals surface area contributed by atoms with Crippen molar-refractivity contribution in [1.82, 2.24) is 9.88 Å². The lowest BCUT2D eigenvalue weighted by Crippen LogP contribution is -2.24. The van der Waals surface area contributed by atoms with Gasteiger partial charge in [0.2, 0.25) is 0 Å². The Hall–Kier alpha value is -1.01. The van der Waals surface area contributed by atoms with E-state index >= 15 is 0 Å². The van der Waals surface area contributed by atoms with E-state index in [1.165, 1.54) is 0 Å². The third kappa shape index (κ3) is 6.11. The Kier molecular flexibility index (Phi) is 5.87. The molecule has 0 aliphatic heterocycles. The Balaban J connectivity index is 2.62. The highest BCUT2D eigenvalue weighted by Gasteiger charge is 2.27. The summed E-state index contributed by atoms with van der Waals surface area (Å²) >= 11 is 5.99. The lowest BCUT2D eigenvalue weighted by atomic mass is 10.3. The van der Waals surface area contributed by atoms with E-state index in [2.05, 4.69) is 10.3 Å². The first-order chi connectivity index (χ1) is 8.81. The SMILES string of the molecule is CCNc1ccc(Cl)c(CN(C)CCC(F)(F)F)n1. The van der Waals surface area contributed by atoms with Crippen LogP contribution >= 0.6 is 11.6 Å². The van der Waals surface area contributed by atoms with Gasteiger partial charge in [0.1, 0.15) is 5.82 Å². The third-order valence-electron chi connectivity index (χ3n) is 2.47. The summed E-state index contributed by atoms with van der Waals surface area (Å²) in [5, 5.41) is 3.50. The smallest absolute Gasteiger partial charge is 0.370 e. The highest BCUT2D eigenvalue weighted by Crippen LogP contribution is 2.21. The van der Waals surface area contributed by atoms with Gasteiger partial charge < -0.3 is 10.2 Å². The lowest BCUT2D eigenvalue weighted by Gasteiger charge is -2.18. The van der Waals surface area contributed by atoms with Crippen molar-refractivity contribution >= 4 is 17.4 Å². The molecule has 0 bridgehead atoms. The van der Waals surface area contributed by atoms with Crippen LogP contribution in [0.3, 0.4) is 0 Å². The maximum Gasteiger partial charge on any atom is 0.390 e. The summed E-state index contributed by atoms with van der Waals surface area (Å²) in [6.45, 7) is 2.87. The molecule has 1 heterocycles. The second kappa shape index (κ2) is 6.96. The first kappa shape index (κ1) is 16.0. The Morgan fingerprint density at radius 2 is 2.05 bits per heavy atom. The molecule has 3 nitrogen and oxygen atoms in total. The van der Waals surface area contributed by atoms with Crippen LogP contribution in [0.15, 0.2) is 12.1 Å². The second-order valence-corrected chi connectivity index (χ2v) is 4.67. The summed E-state index contributed by atoms with van der Waals surface area (Å²) in [4.78, 5) is 5.83. The highest BCUT2D eigenvalue weighted by atomic mass is 35.5. The van der Waals surface area contributed by atoms with Gasteiger partial charge in [0.05, 0.1) is 17.1 Å². The zero-order valence-electron chi connectivity index (χ0n) is 10.9. The van der Waals surface area contributed by atoms with Crippen LogP contribution < -0.4 is 5.32 Å². The van der Waals surface area contributed by atoms with Crippen LogP contribution in [0.2, 0.25) is 5.02 Å². The molecule has 0 aliphatic carbocycles. The highest BCUT2D eigenvalue weighted by molar-refractivity contribution is 6.31. The van der Waals surface area contributed by atoms with Gasteiger partial charge in [0.15, 0.2) is 0 Å². The van der Waals surface area contributed by atoms with E-state index < -0.39 is 12.6 Å². The van der Waals surface area contributed by atoms with Crippen LogP contribution in [0, 0.1) is 0 Å². The molecule has 1 aromatic rings. The molecule has 0 atom stereocenters. The average Bonchev–Trinajstić information content (AvgIpc) is 2.30. The van der Waals surface area contributed by atoms with Crippen LogP contribution in [0.25, 0.3) is 0 Å². The number of hydrogen-bond donors (Lipinski definition) is 1. The van der Waals surface area contributed by atoms with E-state index in [1.54, 1.807) is 24.1 Å². The summed E-state index contributed by atoms with van der Waals surface area (Å²) < 4.78 is 36.4. The first-order valence-electron chi connectivity index (χ1n) is 5.96. The average molecular weight is 296 g/mol. The van der Waals surface area contributed by atoms with E-state index in [1.807, 2.05) is 6.92 Å². The standard InChI is InChI=1S/C12H17ClF3N3/c1-3-17-11-5-4-9(13)10(18-11)8-19(2)7-6-12(14,15)16/h4-5H,3,6-8H2,1-2H3,(H,17,18). The van der Waals surface area contributed by atoms with Crippen molar-refractivity contribution in [3.05, 3.63) is 22.8 Å². The molecule has 7 heteroatoms. The number of anilines is 1. The molecule has 19 heavy (non-hydrogen) atoms. The van der Waals surface area contributed by atoms with E-state index in [9.17, 15) is 13.2 Å². The number of nitrogens with zero attached hydrogens (tertiary/aromatic N) is 2. The topological polar surface area (TPSA) is 28.2 Å². The number of nitrogens with one attached hydrogen (secondary N) is 1. The van der Waals surface area contributed by atoms with Crippen molar-refractivity contribution in [3.8, 4) is 0 Å². The second-order valence-electron chi connectivity index (χ2n) is 4.26. The van der Waals surface area contributed by atoms with Crippen LogP contribution in [0.4, 0.5) is 19.0 Å². The maximum absolute atomic E-state index is 12.1. The van der Waals surface area contributed by atoms with E-state index in [-0.39, 0.29) is 13.1 Å². The summed E-state index contributed by atoms with van der Waals surface area (Å²) in [6.07, 6.45) is -4.98. The first-order valence-corrected chi connectivity index (χ1v) is 6.34. The van der Waals surface area contributed by atoms with Crippen LogP contribution in [-0.4, -0.2) is 36.2 Å². The monoisotopic (exact) mass is 295 g/mol. The van der Waals surface area contributed by atoms with Crippen LogP contribution in [0.5, 0.6) is 0 Å². The quantitative estimate of drug-likeness (QED) is 0.870. The summed E-state index contributed by atoms with van der Waals surface area (Å²) in [7, 11) is 1.61. The molecule has 1 aromatic heterocycles. The summed E-state index contributed by atoms with van der Waals surface area (Å²) in [5.41, 5.74) is 0.574. The van der Waals surface area contributed by atoms with Crippen molar-refractivity contribution in [2.24, 2.45) is 0 Å². The molecule has 0 saturated heterocycles. The minimum Gasteiger partial charge on any atom is -0.370 e. The zero-order valence-corrected chi connectivity index (χ0v) is 11.6. The molecule has 0 spiro atoms. The molecule has 0 aliphatic rings. The Bertz CT molecular complexity index is 410. The largest absolute Gasteiger partial charge is 0.390 e. The summed E-state index contributed by atoms with van der Waals surface area (Å²) in [6, 6.07) is 3.44. The van der Waals surface area contributed by atoms with Gasteiger partial charge in [-0.2, -0.15) is 13.2 Å². The predicted octanol–water partition coefficient (Wildman–Crippen LogP) is 3.55. The van der Waals surface area contributed by atoms with Crippen molar-refractivity contribution in [3.63, 3.8) is 0 Å². The fraction of sp³-hybridized carbons (Fsp3) is 0.583. The molecule has 108 valence electrons. The van der Waals surface area contributed by atoms with Crippen LogP contribution in [0.1, 0.15) is 19.0 Å². The van der Waals surface area contributed by atoms with Gasteiger partial charge in [-0.25, -0.2) is 4.98 Å². The van der Waals surface area contributed by atoms with Gasteiger partial charge in [-0.1, -0.05) is 11.6 Å². The van der Waals surface area contributed by atoms with Crippen molar-refractivity contribution in [2.75, 3.05) is 25.5 Å². The normalized spacial score (nSPS) is 11.9. The van der Waals surface area contributed by atoms with Gasteiger partial charge >= 0.3 is 6.18 Å². The third-order valence-corrected chi connectivity index (χ3v) is 2.82. The van der Waals surface area contributed by atoms with Gasteiger partial charge in [0.25, 0.3) is 0 Å². The van der Waals surface area contributed by atoms with Crippen LogP contribution in [-0.2, 0) is 6.54 Å². The number of hydrogen-bond acceptors (Lipinski definition) is 3. The molecule has 0 amide bonds. The molecular formula is C12H17ClF3N3. The molecule has 0 unspecified atom stereocenters. The maximum atomic E-state index is 12.1. The molecule has 1 N–H and O–H groups in total. The number of rotatable bonds is 6. The predicted molar refractivity (Wildman–Crippen MR) is 70.4 cm³/mol. The molecule has 0 radical (unpaired) electrons. The van der Waals surface area contributed by atoms with Crippen molar-refractivity contribution in [2.45, 2.75) is 26.1 Å². The van der Waals surface area contributed by atoms with Gasteiger partial charge in [-0.15, -0.1) is 0 Å². The fourth-order valence-corrected chi connectivity index (χ4v) is 1.69. The van der Waals surface area contributed by atoms with E-state index in [0.29, 0.717) is 16.5 Å².